The van der Waals surface area contributed by atoms with E-state index in [9.17, 15) is 9.59 Å². The van der Waals surface area contributed by atoms with Crippen LogP contribution < -0.4 is 14.8 Å². The Bertz CT molecular complexity index is 907. The minimum absolute atomic E-state index is 0.0991. The van der Waals surface area contributed by atoms with Crippen LogP contribution in [0.1, 0.15) is 35.3 Å². The molecule has 2 amide bonds. The van der Waals surface area contributed by atoms with Crippen molar-refractivity contribution >= 4 is 29.1 Å². The number of carbonyl (C=O) groups excluding carboxylic acids is 2. The molecule has 0 aromatic heterocycles. The fourth-order valence-corrected chi connectivity index (χ4v) is 3.20. The summed E-state index contributed by atoms with van der Waals surface area (Å²) >= 11 is 6.34. The molecule has 0 aliphatic rings. The maximum atomic E-state index is 12.9. The van der Waals surface area contributed by atoms with Gasteiger partial charge in [0.05, 0.1) is 25.3 Å². The standard InChI is InChI=1S/C23H29ClN2O4/c1-14(2)13-30-22-18(24)10-17(11-19(22)29-6)23(28)26(5)12-20(27)25-21-15(3)8-7-9-16(21)4/h7-11,14H,12-13H2,1-6H3,(H,25,27). The molecule has 0 unspecified atom stereocenters. The van der Waals surface area contributed by atoms with Gasteiger partial charge in [0, 0.05) is 18.3 Å². The van der Waals surface area contributed by atoms with Crippen molar-refractivity contribution in [2.75, 3.05) is 32.6 Å². The van der Waals surface area contributed by atoms with Crippen molar-refractivity contribution in [3.8, 4) is 11.5 Å². The molecule has 7 heteroatoms. The Kier molecular flexibility index (Phi) is 8.12. The van der Waals surface area contributed by atoms with Gasteiger partial charge in [0.2, 0.25) is 5.91 Å². The number of rotatable bonds is 8. The van der Waals surface area contributed by atoms with E-state index >= 15 is 0 Å². The highest BCUT2D eigenvalue weighted by Gasteiger charge is 2.20. The van der Waals surface area contributed by atoms with Crippen LogP contribution in [0.5, 0.6) is 11.5 Å². The Labute approximate surface area is 183 Å². The van der Waals surface area contributed by atoms with Gasteiger partial charge in [0.25, 0.3) is 5.91 Å². The minimum Gasteiger partial charge on any atom is -0.493 e. The summed E-state index contributed by atoms with van der Waals surface area (Å²) in [7, 11) is 3.06. The van der Waals surface area contributed by atoms with Crippen molar-refractivity contribution in [3.63, 3.8) is 0 Å². The molecule has 0 fully saturated rings. The number of para-hydroxylation sites is 1. The summed E-state index contributed by atoms with van der Waals surface area (Å²) in [5.74, 6) is 0.466. The zero-order valence-electron chi connectivity index (χ0n) is 18.3. The number of benzene rings is 2. The van der Waals surface area contributed by atoms with Crippen molar-refractivity contribution < 1.29 is 19.1 Å². The summed E-state index contributed by atoms with van der Waals surface area (Å²) in [6, 6.07) is 8.89. The number of hydrogen-bond donors (Lipinski definition) is 1. The van der Waals surface area contributed by atoms with Crippen LogP contribution in [0.4, 0.5) is 5.69 Å². The molecule has 1 N–H and O–H groups in total. The number of anilines is 1. The van der Waals surface area contributed by atoms with Crippen LogP contribution in [0.2, 0.25) is 5.02 Å². The molecule has 2 aromatic carbocycles. The SMILES string of the molecule is COc1cc(C(=O)N(C)CC(=O)Nc2c(C)cccc2C)cc(Cl)c1OCC(C)C. The second-order valence-electron chi connectivity index (χ2n) is 7.67. The third-order valence-corrected chi connectivity index (χ3v) is 4.79. The van der Waals surface area contributed by atoms with E-state index < -0.39 is 0 Å². The van der Waals surface area contributed by atoms with Crippen LogP contribution in [0, 0.1) is 19.8 Å². The number of hydrogen-bond acceptors (Lipinski definition) is 4. The Morgan fingerprint density at radius 3 is 2.37 bits per heavy atom. The number of ether oxygens (including phenoxy) is 2. The van der Waals surface area contributed by atoms with Gasteiger partial charge in [0.15, 0.2) is 11.5 Å². The zero-order valence-corrected chi connectivity index (χ0v) is 19.1. The first-order valence-corrected chi connectivity index (χ1v) is 10.1. The van der Waals surface area contributed by atoms with Gasteiger partial charge in [-0.25, -0.2) is 0 Å². The van der Waals surface area contributed by atoms with E-state index in [1.165, 1.54) is 18.1 Å². The van der Waals surface area contributed by atoms with Gasteiger partial charge >= 0.3 is 0 Å². The smallest absolute Gasteiger partial charge is 0.254 e. The number of aryl methyl sites for hydroxylation is 2. The average molecular weight is 433 g/mol. The van der Waals surface area contributed by atoms with E-state index in [-0.39, 0.29) is 23.4 Å². The lowest BCUT2D eigenvalue weighted by atomic mass is 10.1. The lowest BCUT2D eigenvalue weighted by molar-refractivity contribution is -0.116. The van der Waals surface area contributed by atoms with E-state index in [0.29, 0.717) is 29.6 Å². The quantitative estimate of drug-likeness (QED) is 0.655. The van der Waals surface area contributed by atoms with Crippen molar-refractivity contribution in [1.29, 1.82) is 0 Å². The molecule has 30 heavy (non-hydrogen) atoms. The van der Waals surface area contributed by atoms with Gasteiger partial charge in [-0.1, -0.05) is 43.6 Å². The van der Waals surface area contributed by atoms with Crippen LogP contribution in [-0.2, 0) is 4.79 Å². The van der Waals surface area contributed by atoms with Crippen molar-refractivity contribution in [2.24, 2.45) is 5.92 Å². The first kappa shape index (κ1) is 23.5. The molecule has 2 aromatic rings. The molecule has 0 aliphatic heterocycles. The maximum Gasteiger partial charge on any atom is 0.254 e. The molecule has 0 heterocycles. The molecule has 0 radical (unpaired) electrons. The summed E-state index contributed by atoms with van der Waals surface area (Å²) in [6.45, 7) is 8.27. The number of nitrogens with one attached hydrogen (secondary N) is 1. The Morgan fingerprint density at radius 1 is 1.17 bits per heavy atom. The summed E-state index contributed by atoms with van der Waals surface area (Å²) in [4.78, 5) is 26.7. The Morgan fingerprint density at radius 2 is 1.80 bits per heavy atom. The number of likely N-dealkylation sites (N-methyl/N-ethyl adjacent to an activating group) is 1. The van der Waals surface area contributed by atoms with Gasteiger partial charge in [-0.05, 0) is 43.0 Å². The topological polar surface area (TPSA) is 67.9 Å². The number of methoxy groups -OCH3 is 1. The molecule has 0 atom stereocenters. The highest BCUT2D eigenvalue weighted by molar-refractivity contribution is 6.32. The van der Waals surface area contributed by atoms with Gasteiger partial charge in [0.1, 0.15) is 0 Å². The van der Waals surface area contributed by atoms with E-state index in [1.54, 1.807) is 13.1 Å². The van der Waals surface area contributed by atoms with Gasteiger partial charge in [-0.2, -0.15) is 0 Å². The van der Waals surface area contributed by atoms with E-state index in [4.69, 9.17) is 21.1 Å². The summed E-state index contributed by atoms with van der Waals surface area (Å²) in [6.07, 6.45) is 0. The molecule has 0 bridgehead atoms. The largest absolute Gasteiger partial charge is 0.493 e. The van der Waals surface area contributed by atoms with Gasteiger partial charge < -0.3 is 19.7 Å². The third kappa shape index (κ3) is 5.89. The molecule has 0 saturated carbocycles. The Balaban J connectivity index is 2.13. The van der Waals surface area contributed by atoms with Crippen LogP contribution >= 0.6 is 11.6 Å². The van der Waals surface area contributed by atoms with Gasteiger partial charge in [-0.3, -0.25) is 9.59 Å². The molecule has 0 saturated heterocycles. The predicted octanol–water partition coefficient (Wildman–Crippen LogP) is 4.71. The molecular formula is C23H29ClN2O4. The average Bonchev–Trinajstić information content (AvgIpc) is 2.68. The van der Waals surface area contributed by atoms with Crippen LogP contribution in [0.3, 0.4) is 0 Å². The monoisotopic (exact) mass is 432 g/mol. The highest BCUT2D eigenvalue weighted by atomic mass is 35.5. The predicted molar refractivity (Wildman–Crippen MR) is 120 cm³/mol. The molecule has 0 aliphatic carbocycles. The fourth-order valence-electron chi connectivity index (χ4n) is 2.93. The number of amides is 2. The van der Waals surface area contributed by atoms with Crippen molar-refractivity contribution in [2.45, 2.75) is 27.7 Å². The summed E-state index contributed by atoms with van der Waals surface area (Å²) in [5.41, 5.74) is 3.01. The summed E-state index contributed by atoms with van der Waals surface area (Å²) in [5, 5.41) is 3.17. The maximum absolute atomic E-state index is 12.9. The molecular weight excluding hydrogens is 404 g/mol. The van der Waals surface area contributed by atoms with Gasteiger partial charge in [-0.15, -0.1) is 0 Å². The van der Waals surface area contributed by atoms with E-state index in [2.05, 4.69) is 5.32 Å². The number of halogens is 1. The fraction of sp³-hybridized carbons (Fsp3) is 0.391. The lowest BCUT2D eigenvalue weighted by Crippen LogP contribution is -2.35. The molecule has 2 rings (SSSR count). The Hall–Kier alpha value is -2.73. The minimum atomic E-state index is -0.345. The lowest BCUT2D eigenvalue weighted by Gasteiger charge is -2.20. The number of nitrogens with zero attached hydrogens (tertiary/aromatic N) is 1. The van der Waals surface area contributed by atoms with Crippen LogP contribution in [0.25, 0.3) is 0 Å². The molecule has 6 nitrogen and oxygen atoms in total. The van der Waals surface area contributed by atoms with Crippen molar-refractivity contribution in [3.05, 3.63) is 52.0 Å². The van der Waals surface area contributed by atoms with E-state index in [1.807, 2.05) is 45.9 Å². The van der Waals surface area contributed by atoms with Crippen molar-refractivity contribution in [1.82, 2.24) is 4.90 Å². The first-order valence-electron chi connectivity index (χ1n) is 9.75. The van der Waals surface area contributed by atoms with Crippen LogP contribution in [0.15, 0.2) is 30.3 Å². The molecule has 0 spiro atoms. The normalized spacial score (nSPS) is 10.7. The number of carbonyl (C=O) groups is 2. The molecule has 162 valence electrons. The third-order valence-electron chi connectivity index (χ3n) is 4.51. The second kappa shape index (κ2) is 10.3. The zero-order chi connectivity index (χ0) is 22.4. The van der Waals surface area contributed by atoms with Crippen LogP contribution in [-0.4, -0.2) is 44.0 Å². The summed E-state index contributed by atoms with van der Waals surface area (Å²) < 4.78 is 11.1. The second-order valence-corrected chi connectivity index (χ2v) is 8.08. The van der Waals surface area contributed by atoms with E-state index in [0.717, 1.165) is 16.8 Å². The first-order chi connectivity index (χ1) is 14.1. The highest BCUT2D eigenvalue weighted by Crippen LogP contribution is 2.37.